The standard InChI is InChI=1S/2C22H20N4O/c2*23-22-24-19(15-6-2-1-3-7-15)18-20(25-22)17-12-14(8-9-16(17)21(18)27)13-26-10-4-5-11-26/h2*1-3,6-9,12H,4-5,10-11,13H2,(H2,23,24,25). The van der Waals surface area contributed by atoms with Crippen molar-refractivity contribution in [2.24, 2.45) is 0 Å². The Bertz CT molecular complexity index is 2250. The summed E-state index contributed by atoms with van der Waals surface area (Å²) in [6.07, 6.45) is 5.04. The number of nitrogens with zero attached hydrogens (tertiary/aromatic N) is 6. The number of ketones is 2. The van der Waals surface area contributed by atoms with Crippen LogP contribution in [-0.2, 0) is 13.1 Å². The first-order valence-corrected chi connectivity index (χ1v) is 18.7. The van der Waals surface area contributed by atoms with E-state index in [9.17, 15) is 9.59 Å². The van der Waals surface area contributed by atoms with Gasteiger partial charge in [0.15, 0.2) is 11.6 Å². The molecule has 54 heavy (non-hydrogen) atoms. The lowest BCUT2D eigenvalue weighted by Crippen LogP contribution is -2.18. The molecule has 4 aromatic carbocycles. The van der Waals surface area contributed by atoms with Crippen LogP contribution >= 0.6 is 0 Å². The van der Waals surface area contributed by atoms with Crippen molar-refractivity contribution in [1.82, 2.24) is 29.7 Å². The number of carbonyl (C=O) groups is 2. The van der Waals surface area contributed by atoms with Crippen LogP contribution in [-0.4, -0.2) is 67.5 Å². The zero-order chi connectivity index (χ0) is 36.8. The molecule has 0 saturated carbocycles. The lowest BCUT2D eigenvalue weighted by molar-refractivity contribution is 0.103. The van der Waals surface area contributed by atoms with Crippen molar-refractivity contribution in [3.05, 3.63) is 130 Å². The number of hydrogen-bond donors (Lipinski definition) is 2. The van der Waals surface area contributed by atoms with Gasteiger partial charge >= 0.3 is 0 Å². The van der Waals surface area contributed by atoms with E-state index in [0.717, 1.165) is 61.5 Å². The molecule has 10 rings (SSSR count). The van der Waals surface area contributed by atoms with Crippen LogP contribution in [0.2, 0.25) is 0 Å². The third-order valence-corrected chi connectivity index (χ3v) is 10.8. The Morgan fingerprint density at radius 3 is 1.22 bits per heavy atom. The van der Waals surface area contributed by atoms with Crippen LogP contribution in [0.3, 0.4) is 0 Å². The molecule has 268 valence electrons. The lowest BCUT2D eigenvalue weighted by Gasteiger charge is -2.15. The van der Waals surface area contributed by atoms with Gasteiger partial charge in [-0.3, -0.25) is 19.4 Å². The van der Waals surface area contributed by atoms with Crippen LogP contribution in [0.1, 0.15) is 68.7 Å². The van der Waals surface area contributed by atoms with E-state index < -0.39 is 0 Å². The Balaban J connectivity index is 0.000000142. The summed E-state index contributed by atoms with van der Waals surface area (Å²) in [5.74, 6) is 0.342. The van der Waals surface area contributed by atoms with Crippen molar-refractivity contribution >= 4 is 23.5 Å². The van der Waals surface area contributed by atoms with Crippen molar-refractivity contribution in [3.63, 3.8) is 0 Å². The third-order valence-electron chi connectivity index (χ3n) is 10.8. The molecule has 2 saturated heterocycles. The van der Waals surface area contributed by atoms with Gasteiger partial charge in [-0.15, -0.1) is 0 Å². The second kappa shape index (κ2) is 14.0. The molecule has 4 aliphatic rings. The number of nitrogens with two attached hydrogens (primary N) is 2. The summed E-state index contributed by atoms with van der Waals surface area (Å²) < 4.78 is 0. The number of aromatic nitrogens is 4. The first-order valence-electron chi connectivity index (χ1n) is 18.7. The van der Waals surface area contributed by atoms with Crippen molar-refractivity contribution in [1.29, 1.82) is 0 Å². The minimum atomic E-state index is -0.0217. The summed E-state index contributed by atoms with van der Waals surface area (Å²) in [4.78, 5) is 48.8. The fourth-order valence-corrected chi connectivity index (χ4v) is 8.22. The van der Waals surface area contributed by atoms with Crippen molar-refractivity contribution in [2.45, 2.75) is 38.8 Å². The summed E-state index contributed by atoms with van der Waals surface area (Å²) in [5, 5.41) is 0. The van der Waals surface area contributed by atoms with E-state index in [2.05, 4.69) is 54.0 Å². The van der Waals surface area contributed by atoms with E-state index in [1.807, 2.05) is 72.8 Å². The van der Waals surface area contributed by atoms with Crippen LogP contribution in [0.5, 0.6) is 0 Å². The number of carbonyl (C=O) groups excluding carboxylic acids is 2. The summed E-state index contributed by atoms with van der Waals surface area (Å²) in [7, 11) is 0. The SMILES string of the molecule is Nc1nc(-c2ccccc2)c2c(n1)-c1cc(CN3CCCC3)ccc1C2=O.Nc1nc(-c2ccccc2)c2c(n1)-c1cc(CN3CCCC3)ccc1C2=O. The van der Waals surface area contributed by atoms with Gasteiger partial charge in [0.05, 0.1) is 33.9 Å². The van der Waals surface area contributed by atoms with Crippen LogP contribution in [0.4, 0.5) is 11.9 Å². The number of anilines is 2. The largest absolute Gasteiger partial charge is 0.368 e. The van der Waals surface area contributed by atoms with Crippen LogP contribution < -0.4 is 11.5 Å². The highest BCUT2D eigenvalue weighted by molar-refractivity contribution is 6.24. The second-order valence-electron chi connectivity index (χ2n) is 14.4. The van der Waals surface area contributed by atoms with Crippen molar-refractivity contribution in [2.75, 3.05) is 37.6 Å². The van der Waals surface area contributed by atoms with Crippen molar-refractivity contribution < 1.29 is 9.59 Å². The van der Waals surface area contributed by atoms with E-state index in [1.165, 1.54) is 36.8 Å². The molecule has 2 fully saturated rings. The topological polar surface area (TPSA) is 144 Å². The second-order valence-corrected chi connectivity index (χ2v) is 14.4. The maximum atomic E-state index is 13.1. The zero-order valence-electron chi connectivity index (χ0n) is 30.0. The van der Waals surface area contributed by atoms with E-state index in [-0.39, 0.29) is 23.5 Å². The number of nitrogen functional groups attached to an aromatic ring is 2. The third kappa shape index (κ3) is 6.23. The van der Waals surface area contributed by atoms with E-state index in [4.69, 9.17) is 11.5 Å². The van der Waals surface area contributed by atoms with Gasteiger partial charge in [-0.2, -0.15) is 0 Å². The van der Waals surface area contributed by atoms with Gasteiger partial charge in [-0.25, -0.2) is 19.9 Å². The predicted octanol–water partition coefficient (Wildman–Crippen LogP) is 7.07. The fourth-order valence-electron chi connectivity index (χ4n) is 8.22. The van der Waals surface area contributed by atoms with E-state index in [1.54, 1.807) is 0 Å². The Morgan fingerprint density at radius 2 is 0.833 bits per heavy atom. The Labute approximate surface area is 313 Å². The van der Waals surface area contributed by atoms with E-state index >= 15 is 0 Å². The fraction of sp³-hybridized carbons (Fsp3) is 0.227. The number of fused-ring (bicyclic) bond motifs is 6. The van der Waals surface area contributed by atoms with Crippen LogP contribution in [0.15, 0.2) is 97.1 Å². The van der Waals surface area contributed by atoms with E-state index in [0.29, 0.717) is 45.0 Å². The smallest absolute Gasteiger partial charge is 0.221 e. The van der Waals surface area contributed by atoms with Gasteiger partial charge < -0.3 is 11.5 Å². The molecule has 0 radical (unpaired) electrons. The molecule has 0 spiro atoms. The monoisotopic (exact) mass is 712 g/mol. The van der Waals surface area contributed by atoms with Crippen LogP contribution in [0, 0.1) is 0 Å². The van der Waals surface area contributed by atoms with Gasteiger partial charge in [0, 0.05) is 46.5 Å². The van der Waals surface area contributed by atoms with Gasteiger partial charge in [-0.05, 0) is 75.1 Å². The van der Waals surface area contributed by atoms with Crippen molar-refractivity contribution in [3.8, 4) is 45.0 Å². The molecule has 2 aromatic heterocycles. The number of rotatable bonds is 6. The number of likely N-dealkylation sites (tertiary alicyclic amines) is 2. The summed E-state index contributed by atoms with van der Waals surface area (Å²) in [6.45, 7) is 6.37. The Kier molecular flexibility index (Phi) is 8.76. The maximum Gasteiger partial charge on any atom is 0.221 e. The molecule has 6 aromatic rings. The molecule has 2 aliphatic heterocycles. The molecule has 10 nitrogen and oxygen atoms in total. The average molecular weight is 713 g/mol. The summed E-state index contributed by atoms with van der Waals surface area (Å²) in [5.41, 5.74) is 22.9. The highest BCUT2D eigenvalue weighted by Crippen LogP contribution is 2.42. The molecule has 10 heteroatoms. The summed E-state index contributed by atoms with van der Waals surface area (Å²) >= 11 is 0. The lowest BCUT2D eigenvalue weighted by atomic mass is 10.0. The maximum absolute atomic E-state index is 13.1. The first kappa shape index (κ1) is 33.7. The molecule has 4 heterocycles. The number of hydrogen-bond acceptors (Lipinski definition) is 10. The number of benzene rings is 4. The van der Waals surface area contributed by atoms with Gasteiger partial charge in [0.2, 0.25) is 11.9 Å². The molecular formula is C44H40N8O2. The summed E-state index contributed by atoms with van der Waals surface area (Å²) in [6, 6.07) is 31.5. The molecule has 0 atom stereocenters. The minimum absolute atomic E-state index is 0.0217. The molecule has 0 bridgehead atoms. The van der Waals surface area contributed by atoms with Gasteiger partial charge in [0.25, 0.3) is 0 Å². The molecule has 4 N–H and O–H groups in total. The highest BCUT2D eigenvalue weighted by atomic mass is 16.1. The molecule has 2 aliphatic carbocycles. The average Bonchev–Trinajstić information content (AvgIpc) is 4.01. The Morgan fingerprint density at radius 1 is 0.463 bits per heavy atom. The van der Waals surface area contributed by atoms with Gasteiger partial charge in [-0.1, -0.05) is 84.9 Å². The zero-order valence-corrected chi connectivity index (χ0v) is 30.0. The molecule has 0 amide bonds. The minimum Gasteiger partial charge on any atom is -0.368 e. The van der Waals surface area contributed by atoms with Gasteiger partial charge in [0.1, 0.15) is 0 Å². The quantitative estimate of drug-likeness (QED) is 0.184. The van der Waals surface area contributed by atoms with Crippen LogP contribution in [0.25, 0.3) is 45.0 Å². The highest BCUT2D eigenvalue weighted by Gasteiger charge is 2.34. The normalized spacial score (nSPS) is 15.8. The Hall–Kier alpha value is -6.10. The molecule has 0 unspecified atom stereocenters. The predicted molar refractivity (Wildman–Crippen MR) is 211 cm³/mol. The first-order chi connectivity index (χ1) is 26.4. The molecular weight excluding hydrogens is 673 g/mol.